The lowest BCUT2D eigenvalue weighted by molar-refractivity contribution is 1.47. The van der Waals surface area contributed by atoms with Crippen LogP contribution in [0, 0.1) is 13.8 Å². The maximum Gasteiger partial charge on any atom is 0.0963 e. The summed E-state index contributed by atoms with van der Waals surface area (Å²) in [6.45, 7) is 4.09. The van der Waals surface area contributed by atoms with E-state index in [1.54, 1.807) is 11.3 Å². The summed E-state index contributed by atoms with van der Waals surface area (Å²) in [7, 11) is 0. The number of halogens is 1. The van der Waals surface area contributed by atoms with Crippen molar-refractivity contribution in [3.8, 4) is 10.4 Å². The molecule has 0 spiro atoms. The molecule has 0 bridgehead atoms. The highest BCUT2D eigenvalue weighted by Gasteiger charge is 2.07. The number of anilines is 1. The first-order valence-electron chi connectivity index (χ1n) is 4.70. The molecule has 0 aliphatic heterocycles. The van der Waals surface area contributed by atoms with E-state index in [4.69, 9.17) is 17.3 Å². The zero-order chi connectivity index (χ0) is 11.0. The molecule has 0 amide bonds. The lowest BCUT2D eigenvalue weighted by Crippen LogP contribution is -1.86. The highest BCUT2D eigenvalue weighted by molar-refractivity contribution is 7.19. The molecule has 0 saturated heterocycles. The Balaban J connectivity index is 2.54. The first-order chi connectivity index (χ1) is 7.08. The Morgan fingerprint density at radius 1 is 1.13 bits per heavy atom. The van der Waals surface area contributed by atoms with E-state index in [0.717, 1.165) is 15.6 Å². The summed E-state index contributed by atoms with van der Waals surface area (Å²) in [6, 6.07) is 8.07. The standard InChI is InChI=1S/C12H12ClNS/c1-7-5-9(14)3-4-10(7)11-6-8(2)12(13)15-11/h3-6H,14H2,1-2H3. The fourth-order valence-electron chi connectivity index (χ4n) is 1.56. The minimum Gasteiger partial charge on any atom is -0.399 e. The van der Waals surface area contributed by atoms with Gasteiger partial charge in [-0.25, -0.2) is 0 Å². The van der Waals surface area contributed by atoms with Gasteiger partial charge in [0.05, 0.1) is 4.34 Å². The summed E-state index contributed by atoms with van der Waals surface area (Å²) < 4.78 is 0.862. The van der Waals surface area contributed by atoms with Crippen molar-refractivity contribution in [1.29, 1.82) is 0 Å². The molecule has 0 radical (unpaired) electrons. The van der Waals surface area contributed by atoms with Gasteiger partial charge < -0.3 is 5.73 Å². The second kappa shape index (κ2) is 3.87. The smallest absolute Gasteiger partial charge is 0.0963 e. The van der Waals surface area contributed by atoms with Crippen molar-refractivity contribution in [2.75, 3.05) is 5.73 Å². The van der Waals surface area contributed by atoms with Gasteiger partial charge in [-0.3, -0.25) is 0 Å². The summed E-state index contributed by atoms with van der Waals surface area (Å²) >= 11 is 7.67. The predicted octanol–water partition coefficient (Wildman–Crippen LogP) is 4.27. The summed E-state index contributed by atoms with van der Waals surface area (Å²) in [5.74, 6) is 0. The van der Waals surface area contributed by atoms with Crippen LogP contribution in [0.2, 0.25) is 4.34 Å². The molecule has 2 aromatic rings. The normalized spacial score (nSPS) is 10.6. The van der Waals surface area contributed by atoms with Crippen LogP contribution in [0.3, 0.4) is 0 Å². The van der Waals surface area contributed by atoms with Gasteiger partial charge in [-0.2, -0.15) is 0 Å². The van der Waals surface area contributed by atoms with Crippen molar-refractivity contribution in [3.63, 3.8) is 0 Å². The number of hydrogen-bond donors (Lipinski definition) is 1. The van der Waals surface area contributed by atoms with Gasteiger partial charge in [-0.05, 0) is 48.7 Å². The third-order valence-corrected chi connectivity index (χ3v) is 3.96. The lowest BCUT2D eigenvalue weighted by atomic mass is 10.1. The van der Waals surface area contributed by atoms with Crippen molar-refractivity contribution in [3.05, 3.63) is 39.7 Å². The molecule has 2 rings (SSSR count). The van der Waals surface area contributed by atoms with Crippen LogP contribution in [-0.4, -0.2) is 0 Å². The fraction of sp³-hybridized carbons (Fsp3) is 0.167. The summed E-state index contributed by atoms with van der Waals surface area (Å²) in [6.07, 6.45) is 0. The fourth-order valence-corrected chi connectivity index (χ4v) is 2.85. The summed E-state index contributed by atoms with van der Waals surface area (Å²) in [5, 5.41) is 0. The predicted molar refractivity (Wildman–Crippen MR) is 68.7 cm³/mol. The molecule has 2 N–H and O–H groups in total. The molecule has 15 heavy (non-hydrogen) atoms. The molecule has 0 fully saturated rings. The van der Waals surface area contributed by atoms with Gasteiger partial charge in [0.2, 0.25) is 0 Å². The summed E-state index contributed by atoms with van der Waals surface area (Å²) in [5.41, 5.74) is 10.1. The maximum absolute atomic E-state index is 6.06. The molecule has 1 aromatic heterocycles. The molecule has 1 nitrogen and oxygen atoms in total. The average molecular weight is 238 g/mol. The molecular formula is C12H12ClNS. The number of benzene rings is 1. The van der Waals surface area contributed by atoms with E-state index >= 15 is 0 Å². The van der Waals surface area contributed by atoms with Gasteiger partial charge in [0.1, 0.15) is 0 Å². The van der Waals surface area contributed by atoms with Crippen molar-refractivity contribution < 1.29 is 0 Å². The molecule has 3 heteroatoms. The molecule has 78 valence electrons. The van der Waals surface area contributed by atoms with Gasteiger partial charge in [0.25, 0.3) is 0 Å². The van der Waals surface area contributed by atoms with Crippen molar-refractivity contribution in [1.82, 2.24) is 0 Å². The number of nitrogens with two attached hydrogens (primary N) is 1. The Morgan fingerprint density at radius 2 is 1.87 bits per heavy atom. The van der Waals surface area contributed by atoms with Crippen LogP contribution in [0.5, 0.6) is 0 Å². The van der Waals surface area contributed by atoms with Gasteiger partial charge in [-0.1, -0.05) is 17.7 Å². The van der Waals surface area contributed by atoms with Gasteiger partial charge in [0, 0.05) is 10.6 Å². The zero-order valence-electron chi connectivity index (χ0n) is 8.67. The van der Waals surface area contributed by atoms with E-state index in [1.807, 2.05) is 25.1 Å². The van der Waals surface area contributed by atoms with Gasteiger partial charge >= 0.3 is 0 Å². The second-order valence-corrected chi connectivity index (χ2v) is 5.30. The number of hydrogen-bond acceptors (Lipinski definition) is 2. The number of nitrogen functional groups attached to an aromatic ring is 1. The van der Waals surface area contributed by atoms with Crippen LogP contribution in [0.15, 0.2) is 24.3 Å². The quantitative estimate of drug-likeness (QED) is 0.737. The highest BCUT2D eigenvalue weighted by Crippen LogP contribution is 2.36. The molecule has 1 heterocycles. The SMILES string of the molecule is Cc1cc(N)ccc1-c1cc(C)c(Cl)s1. The van der Waals surface area contributed by atoms with Crippen molar-refractivity contribution >= 4 is 28.6 Å². The van der Waals surface area contributed by atoms with Crippen LogP contribution in [0.1, 0.15) is 11.1 Å². The monoisotopic (exact) mass is 237 g/mol. The van der Waals surface area contributed by atoms with Crippen LogP contribution in [-0.2, 0) is 0 Å². The van der Waals surface area contributed by atoms with E-state index in [-0.39, 0.29) is 0 Å². The van der Waals surface area contributed by atoms with Crippen LogP contribution < -0.4 is 5.73 Å². The number of rotatable bonds is 1. The van der Waals surface area contributed by atoms with E-state index < -0.39 is 0 Å². The van der Waals surface area contributed by atoms with Crippen molar-refractivity contribution in [2.24, 2.45) is 0 Å². The maximum atomic E-state index is 6.06. The molecular weight excluding hydrogens is 226 g/mol. The lowest BCUT2D eigenvalue weighted by Gasteiger charge is -2.03. The van der Waals surface area contributed by atoms with Gasteiger partial charge in [-0.15, -0.1) is 11.3 Å². The average Bonchev–Trinajstić information content (AvgIpc) is 2.46. The number of thiophene rings is 1. The third kappa shape index (κ3) is 2.01. The molecule has 1 aromatic carbocycles. The van der Waals surface area contributed by atoms with Crippen LogP contribution in [0.25, 0.3) is 10.4 Å². The van der Waals surface area contributed by atoms with Crippen molar-refractivity contribution in [2.45, 2.75) is 13.8 Å². The van der Waals surface area contributed by atoms with Crippen LogP contribution >= 0.6 is 22.9 Å². The van der Waals surface area contributed by atoms with Crippen LogP contribution in [0.4, 0.5) is 5.69 Å². The Morgan fingerprint density at radius 3 is 2.40 bits per heavy atom. The Bertz CT molecular complexity index is 483. The first-order valence-corrected chi connectivity index (χ1v) is 5.90. The second-order valence-electron chi connectivity index (χ2n) is 3.64. The zero-order valence-corrected chi connectivity index (χ0v) is 10.2. The Labute approximate surface area is 98.5 Å². The molecule has 0 saturated carbocycles. The Kier molecular flexibility index (Phi) is 2.72. The van der Waals surface area contributed by atoms with E-state index in [0.29, 0.717) is 0 Å². The van der Waals surface area contributed by atoms with E-state index in [2.05, 4.69) is 13.0 Å². The minimum absolute atomic E-state index is 0.802. The Hall–Kier alpha value is -0.990. The molecule has 0 aliphatic rings. The number of aryl methyl sites for hydroxylation is 2. The van der Waals surface area contributed by atoms with E-state index in [9.17, 15) is 0 Å². The third-order valence-electron chi connectivity index (χ3n) is 2.37. The largest absolute Gasteiger partial charge is 0.399 e. The minimum atomic E-state index is 0.802. The first kappa shape index (κ1) is 10.5. The van der Waals surface area contributed by atoms with E-state index in [1.165, 1.54) is 16.0 Å². The van der Waals surface area contributed by atoms with Gasteiger partial charge in [0.15, 0.2) is 0 Å². The molecule has 0 unspecified atom stereocenters. The summed E-state index contributed by atoms with van der Waals surface area (Å²) in [4.78, 5) is 1.20. The highest BCUT2D eigenvalue weighted by atomic mass is 35.5. The molecule has 0 aliphatic carbocycles. The topological polar surface area (TPSA) is 26.0 Å². The molecule has 0 atom stereocenters.